The average molecular weight is 422 g/mol. The molecular weight excluding hydrogens is 394 g/mol. The standard InChI is InChI=1S/C26H28ClNO2/c1-25(2)15-23(29)26(24(30)16-25)14-19-8-9-20(27)13-21(19)28-11-10-18(12-22(26)28)17-6-4-3-5-7-17/h3-9,13,18,22H,10-12,14-16H2,1-2H3/t18-,22+/m0/s1. The van der Waals surface area contributed by atoms with Crippen LogP contribution in [0.15, 0.2) is 48.5 Å². The maximum Gasteiger partial charge on any atom is 0.149 e. The van der Waals surface area contributed by atoms with Crippen molar-refractivity contribution in [3.63, 3.8) is 0 Å². The van der Waals surface area contributed by atoms with E-state index in [1.54, 1.807) is 0 Å². The fraction of sp³-hybridized carbons (Fsp3) is 0.462. The highest BCUT2D eigenvalue weighted by molar-refractivity contribution is 6.31. The molecule has 2 atom stereocenters. The van der Waals surface area contributed by atoms with Crippen LogP contribution in [-0.4, -0.2) is 24.2 Å². The van der Waals surface area contributed by atoms with Gasteiger partial charge in [0.05, 0.1) is 0 Å². The van der Waals surface area contributed by atoms with E-state index in [4.69, 9.17) is 11.6 Å². The van der Waals surface area contributed by atoms with Crippen LogP contribution in [0.1, 0.15) is 56.6 Å². The third-order valence-electron chi connectivity index (χ3n) is 7.54. The van der Waals surface area contributed by atoms with Crippen LogP contribution < -0.4 is 4.90 Å². The van der Waals surface area contributed by atoms with E-state index in [0.29, 0.717) is 30.2 Å². The molecule has 4 heteroatoms. The van der Waals surface area contributed by atoms with Gasteiger partial charge in [0.1, 0.15) is 17.0 Å². The maximum atomic E-state index is 13.7. The Labute approximate surface area is 183 Å². The van der Waals surface area contributed by atoms with Crippen molar-refractivity contribution in [2.75, 3.05) is 11.4 Å². The molecule has 30 heavy (non-hydrogen) atoms. The van der Waals surface area contributed by atoms with Gasteiger partial charge in [0.15, 0.2) is 0 Å². The Kier molecular flexibility index (Phi) is 4.59. The molecule has 2 heterocycles. The van der Waals surface area contributed by atoms with Crippen LogP contribution in [0.2, 0.25) is 5.02 Å². The number of halogens is 1. The quantitative estimate of drug-likeness (QED) is 0.563. The minimum absolute atomic E-state index is 0.0986. The van der Waals surface area contributed by atoms with Gasteiger partial charge in [-0.1, -0.05) is 61.8 Å². The first kappa shape index (κ1) is 19.8. The lowest BCUT2D eigenvalue weighted by atomic mass is 9.55. The van der Waals surface area contributed by atoms with Crippen molar-refractivity contribution >= 4 is 28.9 Å². The summed E-state index contributed by atoms with van der Waals surface area (Å²) < 4.78 is 0. The van der Waals surface area contributed by atoms with Crippen LogP contribution in [0.25, 0.3) is 0 Å². The zero-order chi connectivity index (χ0) is 21.1. The van der Waals surface area contributed by atoms with Gasteiger partial charge in [0, 0.05) is 36.1 Å². The first-order chi connectivity index (χ1) is 14.3. The van der Waals surface area contributed by atoms with E-state index in [-0.39, 0.29) is 23.0 Å². The van der Waals surface area contributed by atoms with Gasteiger partial charge in [-0.15, -0.1) is 0 Å². The molecule has 0 unspecified atom stereocenters. The molecule has 0 amide bonds. The van der Waals surface area contributed by atoms with Crippen LogP contribution in [-0.2, 0) is 16.0 Å². The van der Waals surface area contributed by atoms with Crippen molar-refractivity contribution in [3.8, 4) is 0 Å². The molecule has 2 aliphatic heterocycles. The first-order valence-electron chi connectivity index (χ1n) is 11.0. The fourth-order valence-electron chi connectivity index (χ4n) is 6.09. The zero-order valence-electron chi connectivity index (χ0n) is 17.7. The van der Waals surface area contributed by atoms with E-state index in [9.17, 15) is 9.59 Å². The van der Waals surface area contributed by atoms with Gasteiger partial charge in [0.25, 0.3) is 0 Å². The second-order valence-corrected chi connectivity index (χ2v) is 10.6. The number of nitrogens with zero attached hydrogens (tertiary/aromatic N) is 1. The lowest BCUT2D eigenvalue weighted by Crippen LogP contribution is -2.65. The summed E-state index contributed by atoms with van der Waals surface area (Å²) >= 11 is 6.34. The van der Waals surface area contributed by atoms with Crippen LogP contribution in [0.5, 0.6) is 0 Å². The molecule has 2 aromatic carbocycles. The number of carbonyl (C=O) groups excluding carboxylic acids is 2. The third-order valence-corrected chi connectivity index (χ3v) is 7.78. The summed E-state index contributed by atoms with van der Waals surface area (Å²) in [7, 11) is 0. The van der Waals surface area contributed by atoms with Crippen LogP contribution in [0.4, 0.5) is 5.69 Å². The number of hydrogen-bond acceptors (Lipinski definition) is 3. The Morgan fingerprint density at radius 2 is 1.67 bits per heavy atom. The monoisotopic (exact) mass is 421 g/mol. The molecule has 2 fully saturated rings. The van der Waals surface area contributed by atoms with E-state index in [2.05, 4.69) is 29.2 Å². The summed E-state index contributed by atoms with van der Waals surface area (Å²) in [6, 6.07) is 16.4. The highest BCUT2D eigenvalue weighted by atomic mass is 35.5. The SMILES string of the molecule is CC1(C)CC(=O)C2(Cc3ccc(Cl)cc3N3CC[C@H](c4ccccc4)C[C@@H]32)C(=O)C1. The van der Waals surface area contributed by atoms with Gasteiger partial charge in [-0.25, -0.2) is 0 Å². The lowest BCUT2D eigenvalue weighted by Gasteiger charge is -2.56. The molecule has 0 radical (unpaired) electrons. The predicted molar refractivity (Wildman–Crippen MR) is 120 cm³/mol. The number of fused-ring (bicyclic) bond motifs is 4. The lowest BCUT2D eigenvalue weighted by molar-refractivity contribution is -0.151. The molecule has 3 aliphatic rings. The molecule has 1 spiro atoms. The third kappa shape index (κ3) is 3.01. The molecule has 156 valence electrons. The van der Waals surface area contributed by atoms with Crippen LogP contribution in [0.3, 0.4) is 0 Å². The first-order valence-corrected chi connectivity index (χ1v) is 11.3. The number of hydrogen-bond donors (Lipinski definition) is 0. The Bertz CT molecular complexity index is 993. The van der Waals surface area contributed by atoms with E-state index < -0.39 is 5.41 Å². The molecule has 3 nitrogen and oxygen atoms in total. The molecule has 2 aromatic rings. The van der Waals surface area contributed by atoms with E-state index in [0.717, 1.165) is 30.6 Å². The Hall–Kier alpha value is -2.13. The zero-order valence-corrected chi connectivity index (χ0v) is 18.4. The van der Waals surface area contributed by atoms with Gasteiger partial charge in [-0.2, -0.15) is 0 Å². The summed E-state index contributed by atoms with van der Waals surface area (Å²) in [5.74, 6) is 0.627. The van der Waals surface area contributed by atoms with Gasteiger partial charge in [-0.3, -0.25) is 9.59 Å². The fourth-order valence-corrected chi connectivity index (χ4v) is 6.26. The molecule has 5 rings (SSSR count). The number of benzene rings is 2. The van der Waals surface area contributed by atoms with Crippen molar-refractivity contribution in [3.05, 3.63) is 64.7 Å². The van der Waals surface area contributed by atoms with Crippen LogP contribution >= 0.6 is 11.6 Å². The topological polar surface area (TPSA) is 37.4 Å². The van der Waals surface area contributed by atoms with Gasteiger partial charge >= 0.3 is 0 Å². The largest absolute Gasteiger partial charge is 0.367 e. The minimum atomic E-state index is -0.927. The number of Topliss-reactive ketones (excluding diaryl/α,β-unsaturated/α-hetero) is 2. The predicted octanol–water partition coefficient (Wildman–Crippen LogP) is 5.59. The summed E-state index contributed by atoms with van der Waals surface area (Å²) in [6.07, 6.45) is 3.30. The second kappa shape index (κ2) is 6.95. The van der Waals surface area contributed by atoms with Crippen LogP contribution in [0, 0.1) is 10.8 Å². The summed E-state index contributed by atoms with van der Waals surface area (Å²) in [5.41, 5.74) is 2.31. The number of rotatable bonds is 1. The summed E-state index contributed by atoms with van der Waals surface area (Å²) in [6.45, 7) is 4.92. The molecule has 1 saturated carbocycles. The molecule has 0 aromatic heterocycles. The number of piperidine rings is 1. The molecule has 0 N–H and O–H groups in total. The average Bonchev–Trinajstić information content (AvgIpc) is 2.72. The molecule has 0 bridgehead atoms. The highest BCUT2D eigenvalue weighted by Crippen LogP contribution is 2.54. The van der Waals surface area contributed by atoms with Crippen molar-refractivity contribution < 1.29 is 9.59 Å². The number of carbonyl (C=O) groups is 2. The summed E-state index contributed by atoms with van der Waals surface area (Å²) in [5, 5.41) is 0.705. The maximum absolute atomic E-state index is 13.7. The highest BCUT2D eigenvalue weighted by Gasteiger charge is 2.60. The van der Waals surface area contributed by atoms with Gasteiger partial charge in [0.2, 0.25) is 0 Å². The molecular formula is C26H28ClNO2. The van der Waals surface area contributed by atoms with Crippen molar-refractivity contribution in [2.24, 2.45) is 10.8 Å². The van der Waals surface area contributed by atoms with E-state index in [1.807, 2.05) is 38.1 Å². The summed E-state index contributed by atoms with van der Waals surface area (Å²) in [4.78, 5) is 29.7. The Balaban J connectivity index is 1.62. The Morgan fingerprint density at radius 3 is 2.37 bits per heavy atom. The second-order valence-electron chi connectivity index (χ2n) is 10.1. The number of anilines is 1. The Morgan fingerprint density at radius 1 is 0.967 bits per heavy atom. The number of ketones is 2. The van der Waals surface area contributed by atoms with Crippen molar-refractivity contribution in [1.82, 2.24) is 0 Å². The minimum Gasteiger partial charge on any atom is -0.367 e. The smallest absolute Gasteiger partial charge is 0.149 e. The van der Waals surface area contributed by atoms with Crippen molar-refractivity contribution in [2.45, 2.75) is 57.9 Å². The molecule has 1 saturated heterocycles. The van der Waals surface area contributed by atoms with Gasteiger partial charge < -0.3 is 4.90 Å². The van der Waals surface area contributed by atoms with E-state index >= 15 is 0 Å². The normalized spacial score (nSPS) is 27.0. The van der Waals surface area contributed by atoms with Gasteiger partial charge in [-0.05, 0) is 53.9 Å². The van der Waals surface area contributed by atoms with Crippen molar-refractivity contribution in [1.29, 1.82) is 0 Å². The van der Waals surface area contributed by atoms with E-state index in [1.165, 1.54) is 5.56 Å². The molecule has 1 aliphatic carbocycles.